The molecule has 0 radical (unpaired) electrons. The lowest BCUT2D eigenvalue weighted by molar-refractivity contribution is 0.0623. The van der Waals surface area contributed by atoms with Crippen molar-refractivity contribution in [2.75, 3.05) is 32.7 Å². The molecule has 2 aromatic rings. The largest absolute Gasteiger partial charge is 0.360 e. The molecule has 1 saturated carbocycles. The van der Waals surface area contributed by atoms with Crippen LogP contribution in [0, 0.1) is 0 Å². The molecule has 2 fully saturated rings. The van der Waals surface area contributed by atoms with Crippen LogP contribution in [0.5, 0.6) is 0 Å². The molecule has 140 valence electrons. The normalized spacial score (nSPS) is 18.7. The van der Waals surface area contributed by atoms with E-state index in [4.69, 9.17) is 4.52 Å². The zero-order chi connectivity index (χ0) is 18.1. The van der Waals surface area contributed by atoms with E-state index < -0.39 is 0 Å². The van der Waals surface area contributed by atoms with Crippen molar-refractivity contribution in [2.45, 2.75) is 45.1 Å². The van der Waals surface area contributed by atoms with Crippen LogP contribution >= 0.6 is 0 Å². The first-order valence-corrected chi connectivity index (χ1v) is 9.61. The molecule has 0 unspecified atom stereocenters. The highest BCUT2D eigenvalue weighted by atomic mass is 16.5. The Morgan fingerprint density at radius 3 is 2.69 bits per heavy atom. The number of aromatic nitrogens is 3. The number of carbonyl (C=O) groups excluding carboxylic acids is 1. The minimum atomic E-state index is -0.00277. The summed E-state index contributed by atoms with van der Waals surface area (Å²) in [6, 6.07) is 1.83. The van der Waals surface area contributed by atoms with Gasteiger partial charge in [-0.2, -0.15) is 0 Å². The standard InChI is InChI=1S/C19H27N5O2/c1-14(2)18-20-5-6-23(18)10-7-22-8-11-24(12-9-22)19(25)16-13-17(26-21-16)15-3-4-15/h5-6,13-15H,3-4,7-12H2,1-2H3. The van der Waals surface area contributed by atoms with Gasteiger partial charge in [-0.15, -0.1) is 0 Å². The number of imidazole rings is 1. The van der Waals surface area contributed by atoms with E-state index in [-0.39, 0.29) is 5.91 Å². The van der Waals surface area contributed by atoms with Gasteiger partial charge in [-0.3, -0.25) is 9.69 Å². The molecule has 1 saturated heterocycles. The molecule has 0 atom stereocenters. The molecule has 4 rings (SSSR count). The van der Waals surface area contributed by atoms with Crippen LogP contribution in [0.15, 0.2) is 23.0 Å². The third-order valence-corrected chi connectivity index (χ3v) is 5.31. The second-order valence-corrected chi connectivity index (χ2v) is 7.66. The Balaban J connectivity index is 1.26. The van der Waals surface area contributed by atoms with E-state index >= 15 is 0 Å². The summed E-state index contributed by atoms with van der Waals surface area (Å²) in [5, 5.41) is 3.98. The topological polar surface area (TPSA) is 67.4 Å². The molecular weight excluding hydrogens is 330 g/mol. The van der Waals surface area contributed by atoms with Gasteiger partial charge in [0.1, 0.15) is 11.6 Å². The summed E-state index contributed by atoms with van der Waals surface area (Å²) < 4.78 is 7.55. The molecule has 0 bridgehead atoms. The monoisotopic (exact) mass is 357 g/mol. The molecule has 3 heterocycles. The summed E-state index contributed by atoms with van der Waals surface area (Å²) in [4.78, 5) is 21.3. The Morgan fingerprint density at radius 2 is 2.00 bits per heavy atom. The van der Waals surface area contributed by atoms with Crippen LogP contribution in [0.25, 0.3) is 0 Å². The van der Waals surface area contributed by atoms with Gasteiger partial charge in [-0.1, -0.05) is 19.0 Å². The third kappa shape index (κ3) is 3.67. The number of rotatable bonds is 6. The van der Waals surface area contributed by atoms with Gasteiger partial charge in [0.25, 0.3) is 5.91 Å². The Morgan fingerprint density at radius 1 is 1.23 bits per heavy atom. The van der Waals surface area contributed by atoms with Crippen molar-refractivity contribution < 1.29 is 9.32 Å². The number of carbonyl (C=O) groups is 1. The minimum Gasteiger partial charge on any atom is -0.360 e. The lowest BCUT2D eigenvalue weighted by Gasteiger charge is -2.34. The fourth-order valence-corrected chi connectivity index (χ4v) is 3.55. The predicted molar refractivity (Wildman–Crippen MR) is 97.1 cm³/mol. The average molecular weight is 357 g/mol. The SMILES string of the molecule is CC(C)c1nccn1CCN1CCN(C(=O)c2cc(C3CC3)on2)CC1. The van der Waals surface area contributed by atoms with Gasteiger partial charge in [0.2, 0.25) is 0 Å². The lowest BCUT2D eigenvalue weighted by Crippen LogP contribution is -2.49. The fourth-order valence-electron chi connectivity index (χ4n) is 3.55. The van der Waals surface area contributed by atoms with Crippen molar-refractivity contribution in [1.82, 2.24) is 24.5 Å². The van der Waals surface area contributed by atoms with Crippen LogP contribution in [0.1, 0.15) is 60.6 Å². The molecule has 7 heteroatoms. The average Bonchev–Trinajstić information content (AvgIpc) is 3.19. The molecule has 2 aromatic heterocycles. The minimum absolute atomic E-state index is 0.00277. The molecule has 0 aromatic carbocycles. The van der Waals surface area contributed by atoms with E-state index in [1.807, 2.05) is 17.2 Å². The van der Waals surface area contributed by atoms with E-state index in [0.29, 0.717) is 17.5 Å². The highest BCUT2D eigenvalue weighted by Crippen LogP contribution is 2.40. The van der Waals surface area contributed by atoms with Crippen molar-refractivity contribution >= 4 is 5.91 Å². The molecule has 0 N–H and O–H groups in total. The molecule has 1 amide bonds. The Kier molecular flexibility index (Phi) is 4.80. The maximum atomic E-state index is 12.6. The zero-order valence-electron chi connectivity index (χ0n) is 15.6. The molecule has 0 spiro atoms. The summed E-state index contributed by atoms with van der Waals surface area (Å²) in [6.45, 7) is 9.53. The van der Waals surface area contributed by atoms with Gasteiger partial charge < -0.3 is 14.0 Å². The van der Waals surface area contributed by atoms with Crippen molar-refractivity contribution in [1.29, 1.82) is 0 Å². The van der Waals surface area contributed by atoms with Crippen molar-refractivity contribution in [3.8, 4) is 0 Å². The summed E-state index contributed by atoms with van der Waals surface area (Å²) in [5.74, 6) is 2.92. The van der Waals surface area contributed by atoms with Gasteiger partial charge in [0.05, 0.1) is 0 Å². The number of nitrogens with zero attached hydrogens (tertiary/aromatic N) is 5. The van der Waals surface area contributed by atoms with E-state index in [1.165, 1.54) is 0 Å². The van der Waals surface area contributed by atoms with Crippen molar-refractivity contribution in [2.24, 2.45) is 0 Å². The lowest BCUT2D eigenvalue weighted by atomic mass is 10.2. The van der Waals surface area contributed by atoms with E-state index in [9.17, 15) is 4.79 Å². The molecule has 2 aliphatic rings. The maximum absolute atomic E-state index is 12.6. The highest BCUT2D eigenvalue weighted by molar-refractivity contribution is 5.92. The quantitative estimate of drug-likeness (QED) is 0.794. The number of hydrogen-bond acceptors (Lipinski definition) is 5. The first kappa shape index (κ1) is 17.3. The first-order chi connectivity index (χ1) is 12.6. The Hall–Kier alpha value is -2.15. The van der Waals surface area contributed by atoms with Gasteiger partial charge in [0.15, 0.2) is 5.69 Å². The molecule has 26 heavy (non-hydrogen) atoms. The first-order valence-electron chi connectivity index (χ1n) is 9.61. The second-order valence-electron chi connectivity index (χ2n) is 7.66. The van der Waals surface area contributed by atoms with Gasteiger partial charge in [-0.05, 0) is 12.8 Å². The molecule has 1 aliphatic heterocycles. The van der Waals surface area contributed by atoms with Crippen LogP contribution in [0.2, 0.25) is 0 Å². The van der Waals surface area contributed by atoms with Gasteiger partial charge in [0, 0.05) is 69.6 Å². The second kappa shape index (κ2) is 7.23. The summed E-state index contributed by atoms with van der Waals surface area (Å²) in [5.41, 5.74) is 0.459. The zero-order valence-corrected chi connectivity index (χ0v) is 15.6. The van der Waals surface area contributed by atoms with E-state index in [1.54, 1.807) is 0 Å². The maximum Gasteiger partial charge on any atom is 0.276 e. The van der Waals surface area contributed by atoms with E-state index in [0.717, 1.165) is 63.7 Å². The van der Waals surface area contributed by atoms with Crippen LogP contribution in [-0.2, 0) is 6.54 Å². The van der Waals surface area contributed by atoms with Crippen molar-refractivity contribution in [3.05, 3.63) is 35.7 Å². The van der Waals surface area contributed by atoms with Gasteiger partial charge >= 0.3 is 0 Å². The van der Waals surface area contributed by atoms with Crippen molar-refractivity contribution in [3.63, 3.8) is 0 Å². The smallest absolute Gasteiger partial charge is 0.276 e. The number of amides is 1. The van der Waals surface area contributed by atoms with Crippen LogP contribution in [0.4, 0.5) is 0 Å². The molecule has 7 nitrogen and oxygen atoms in total. The number of hydrogen-bond donors (Lipinski definition) is 0. The Labute approximate surface area is 154 Å². The summed E-state index contributed by atoms with van der Waals surface area (Å²) in [6.07, 6.45) is 6.23. The number of piperazine rings is 1. The van der Waals surface area contributed by atoms with Gasteiger partial charge in [-0.25, -0.2) is 4.98 Å². The molecular formula is C19H27N5O2. The molecule has 1 aliphatic carbocycles. The van der Waals surface area contributed by atoms with Crippen LogP contribution in [-0.4, -0.2) is 63.1 Å². The van der Waals surface area contributed by atoms with Crippen LogP contribution < -0.4 is 0 Å². The fraction of sp³-hybridized carbons (Fsp3) is 0.632. The predicted octanol–water partition coefficient (Wildman–Crippen LogP) is 2.33. The van der Waals surface area contributed by atoms with E-state index in [2.05, 4.69) is 39.7 Å². The van der Waals surface area contributed by atoms with Crippen LogP contribution in [0.3, 0.4) is 0 Å². The summed E-state index contributed by atoms with van der Waals surface area (Å²) in [7, 11) is 0. The third-order valence-electron chi connectivity index (χ3n) is 5.31. The highest BCUT2D eigenvalue weighted by Gasteiger charge is 2.30. The Bertz CT molecular complexity index is 754. The summed E-state index contributed by atoms with van der Waals surface area (Å²) >= 11 is 0.